The van der Waals surface area contributed by atoms with Crippen molar-refractivity contribution in [1.82, 2.24) is 4.98 Å². The molecule has 2 aliphatic heterocycles. The third-order valence-corrected chi connectivity index (χ3v) is 5.27. The number of ether oxygens (including phenoxy) is 2. The van der Waals surface area contributed by atoms with Crippen LogP contribution in [-0.2, 0) is 4.79 Å². The lowest BCUT2D eigenvalue weighted by Gasteiger charge is -2.17. The maximum atomic E-state index is 12.8. The number of fused-ring (bicyclic) bond motifs is 1. The van der Waals surface area contributed by atoms with Crippen molar-refractivity contribution in [3.05, 3.63) is 64.8 Å². The molecule has 1 fully saturated rings. The summed E-state index contributed by atoms with van der Waals surface area (Å²) >= 11 is 6.65. The van der Waals surface area contributed by atoms with E-state index in [0.29, 0.717) is 21.5 Å². The third kappa shape index (κ3) is 3.11. The van der Waals surface area contributed by atoms with Crippen molar-refractivity contribution in [3.63, 3.8) is 0 Å². The number of aromatic nitrogens is 1. The standard InChI is InChI=1S/C19H14N2O3S2/c1-23-15-5-4-13-7-12(11-24-16(13)9-15)8-17-18(22)21(19(25)26-17)14-3-2-6-20-10-14/h2-10H,11H2,1H3. The van der Waals surface area contributed by atoms with E-state index < -0.39 is 0 Å². The Morgan fingerprint density at radius 3 is 3.04 bits per heavy atom. The van der Waals surface area contributed by atoms with Crippen LogP contribution in [0.2, 0.25) is 0 Å². The van der Waals surface area contributed by atoms with Gasteiger partial charge < -0.3 is 9.47 Å². The quantitative estimate of drug-likeness (QED) is 0.594. The van der Waals surface area contributed by atoms with E-state index in [0.717, 1.165) is 22.6 Å². The predicted octanol–water partition coefficient (Wildman–Crippen LogP) is 3.81. The van der Waals surface area contributed by atoms with Crippen LogP contribution in [0.1, 0.15) is 5.56 Å². The van der Waals surface area contributed by atoms with Crippen molar-refractivity contribution in [3.8, 4) is 11.5 Å². The molecule has 0 aliphatic carbocycles. The van der Waals surface area contributed by atoms with Gasteiger partial charge in [-0.25, -0.2) is 0 Å². The molecule has 26 heavy (non-hydrogen) atoms. The molecular formula is C19H14N2O3S2. The molecule has 1 aromatic heterocycles. The second-order valence-corrected chi connectivity index (χ2v) is 7.32. The van der Waals surface area contributed by atoms with Gasteiger partial charge in [0.2, 0.25) is 0 Å². The highest BCUT2D eigenvalue weighted by Gasteiger charge is 2.33. The van der Waals surface area contributed by atoms with Crippen molar-refractivity contribution in [2.75, 3.05) is 18.6 Å². The molecule has 1 saturated heterocycles. The fourth-order valence-electron chi connectivity index (χ4n) is 2.72. The summed E-state index contributed by atoms with van der Waals surface area (Å²) in [4.78, 5) is 18.9. The third-order valence-electron chi connectivity index (χ3n) is 3.97. The lowest BCUT2D eigenvalue weighted by molar-refractivity contribution is -0.113. The Labute approximate surface area is 160 Å². The van der Waals surface area contributed by atoms with E-state index in [1.54, 1.807) is 25.6 Å². The molecule has 0 bridgehead atoms. The summed E-state index contributed by atoms with van der Waals surface area (Å²) in [5.74, 6) is 1.37. The number of benzene rings is 1. The summed E-state index contributed by atoms with van der Waals surface area (Å²) in [5.41, 5.74) is 2.53. The smallest absolute Gasteiger partial charge is 0.270 e. The van der Waals surface area contributed by atoms with E-state index in [9.17, 15) is 4.79 Å². The molecule has 2 aromatic rings. The molecule has 3 heterocycles. The zero-order valence-corrected chi connectivity index (χ0v) is 15.5. The molecule has 5 nitrogen and oxygen atoms in total. The number of carbonyl (C=O) groups excluding carboxylic acids is 1. The number of anilines is 1. The van der Waals surface area contributed by atoms with E-state index in [1.807, 2.05) is 36.4 Å². The van der Waals surface area contributed by atoms with E-state index in [4.69, 9.17) is 21.7 Å². The van der Waals surface area contributed by atoms with Crippen molar-refractivity contribution in [1.29, 1.82) is 0 Å². The van der Waals surface area contributed by atoms with Crippen LogP contribution in [0.4, 0.5) is 5.69 Å². The number of rotatable bonds is 3. The molecule has 1 aromatic carbocycles. The first-order valence-electron chi connectivity index (χ1n) is 7.85. The van der Waals surface area contributed by atoms with Crippen LogP contribution in [-0.4, -0.2) is 28.9 Å². The molecule has 0 spiro atoms. The van der Waals surface area contributed by atoms with Crippen molar-refractivity contribution in [2.24, 2.45) is 0 Å². The Hall–Kier alpha value is -2.64. The van der Waals surface area contributed by atoms with Gasteiger partial charge in [0.15, 0.2) is 4.32 Å². The van der Waals surface area contributed by atoms with Gasteiger partial charge in [0.1, 0.15) is 18.1 Å². The average molecular weight is 382 g/mol. The molecule has 0 radical (unpaired) electrons. The summed E-state index contributed by atoms with van der Waals surface area (Å²) in [6.07, 6.45) is 7.13. The van der Waals surface area contributed by atoms with Crippen molar-refractivity contribution >= 4 is 46.0 Å². The summed E-state index contributed by atoms with van der Waals surface area (Å²) < 4.78 is 11.5. The summed E-state index contributed by atoms with van der Waals surface area (Å²) in [6.45, 7) is 0.386. The monoisotopic (exact) mass is 382 g/mol. The van der Waals surface area contributed by atoms with Crippen LogP contribution in [0.3, 0.4) is 0 Å². The zero-order valence-electron chi connectivity index (χ0n) is 13.8. The van der Waals surface area contributed by atoms with Gasteiger partial charge in [-0.3, -0.25) is 14.7 Å². The van der Waals surface area contributed by atoms with Gasteiger partial charge in [0.05, 0.1) is 23.9 Å². The van der Waals surface area contributed by atoms with E-state index >= 15 is 0 Å². The van der Waals surface area contributed by atoms with Crippen molar-refractivity contribution in [2.45, 2.75) is 0 Å². The highest BCUT2D eigenvalue weighted by molar-refractivity contribution is 8.27. The molecule has 2 aliphatic rings. The van der Waals surface area contributed by atoms with Crippen LogP contribution in [0.25, 0.3) is 6.08 Å². The maximum absolute atomic E-state index is 12.8. The molecule has 1 amide bonds. The minimum atomic E-state index is -0.144. The highest BCUT2D eigenvalue weighted by atomic mass is 32.2. The van der Waals surface area contributed by atoms with Gasteiger partial charge in [-0.1, -0.05) is 24.0 Å². The highest BCUT2D eigenvalue weighted by Crippen LogP contribution is 2.37. The summed E-state index contributed by atoms with van der Waals surface area (Å²) in [7, 11) is 1.62. The molecule has 0 unspecified atom stereocenters. The Morgan fingerprint density at radius 1 is 1.38 bits per heavy atom. The van der Waals surface area contributed by atoms with Crippen LogP contribution in [0, 0.1) is 0 Å². The van der Waals surface area contributed by atoms with Gasteiger partial charge in [0.25, 0.3) is 5.91 Å². The first-order chi connectivity index (χ1) is 12.7. The molecule has 4 rings (SSSR count). The largest absolute Gasteiger partial charge is 0.497 e. The minimum Gasteiger partial charge on any atom is -0.497 e. The number of nitrogens with zero attached hydrogens (tertiary/aromatic N) is 2. The fraction of sp³-hybridized carbons (Fsp3) is 0.105. The Kier molecular flexibility index (Phi) is 4.48. The second-order valence-electron chi connectivity index (χ2n) is 5.64. The number of amides is 1. The number of carbonyl (C=O) groups is 1. The van der Waals surface area contributed by atoms with Gasteiger partial charge in [-0.05, 0) is 42.0 Å². The molecule has 7 heteroatoms. The summed E-state index contributed by atoms with van der Waals surface area (Å²) in [6, 6.07) is 9.25. The molecule has 130 valence electrons. The number of thioether (sulfide) groups is 1. The van der Waals surface area contributed by atoms with Gasteiger partial charge in [-0.15, -0.1) is 0 Å². The van der Waals surface area contributed by atoms with Gasteiger partial charge in [0, 0.05) is 17.8 Å². The van der Waals surface area contributed by atoms with Crippen LogP contribution >= 0.6 is 24.0 Å². The average Bonchev–Trinajstić information content (AvgIpc) is 2.95. The molecular weight excluding hydrogens is 368 g/mol. The summed E-state index contributed by atoms with van der Waals surface area (Å²) in [5, 5.41) is 0. The maximum Gasteiger partial charge on any atom is 0.270 e. The minimum absolute atomic E-state index is 0.144. The van der Waals surface area contributed by atoms with Gasteiger partial charge >= 0.3 is 0 Å². The normalized spacial score (nSPS) is 17.8. The number of hydrogen-bond acceptors (Lipinski definition) is 6. The zero-order chi connectivity index (χ0) is 18.1. The predicted molar refractivity (Wildman–Crippen MR) is 106 cm³/mol. The first kappa shape index (κ1) is 16.8. The SMILES string of the molecule is COc1ccc2c(c1)OCC(C=C1SC(=S)N(c3cccnc3)C1=O)=C2. The van der Waals surface area contributed by atoms with E-state index in [2.05, 4.69) is 4.98 Å². The van der Waals surface area contributed by atoms with Crippen molar-refractivity contribution < 1.29 is 14.3 Å². The number of hydrogen-bond donors (Lipinski definition) is 0. The van der Waals surface area contributed by atoms with Crippen LogP contribution < -0.4 is 14.4 Å². The number of pyridine rings is 1. The topological polar surface area (TPSA) is 51.7 Å². The van der Waals surface area contributed by atoms with Gasteiger partial charge in [-0.2, -0.15) is 0 Å². The molecule has 0 saturated carbocycles. The molecule has 0 atom stereocenters. The Morgan fingerprint density at radius 2 is 2.27 bits per heavy atom. The number of thiocarbonyl (C=S) groups is 1. The Bertz CT molecular complexity index is 955. The lowest BCUT2D eigenvalue weighted by atomic mass is 10.1. The Balaban J connectivity index is 1.62. The first-order valence-corrected chi connectivity index (χ1v) is 9.07. The van der Waals surface area contributed by atoms with Crippen LogP contribution in [0.5, 0.6) is 11.5 Å². The number of methoxy groups -OCH3 is 1. The fourth-order valence-corrected chi connectivity index (χ4v) is 4.03. The van der Waals surface area contributed by atoms with E-state index in [-0.39, 0.29) is 5.91 Å². The molecule has 0 N–H and O–H groups in total. The lowest BCUT2D eigenvalue weighted by Crippen LogP contribution is -2.27. The second kappa shape index (κ2) is 6.93. The van der Waals surface area contributed by atoms with E-state index in [1.165, 1.54) is 16.7 Å². The van der Waals surface area contributed by atoms with Crippen LogP contribution in [0.15, 0.2) is 59.3 Å².